The van der Waals surface area contributed by atoms with Crippen molar-refractivity contribution in [1.82, 2.24) is 4.90 Å². The van der Waals surface area contributed by atoms with Crippen molar-refractivity contribution in [2.24, 2.45) is 11.7 Å². The summed E-state index contributed by atoms with van der Waals surface area (Å²) in [6, 6.07) is -1.16. The zero-order chi connectivity index (χ0) is 11.6. The fraction of sp³-hybridized carbons (Fsp3) is 0.778. The molecule has 0 saturated carbocycles. The van der Waals surface area contributed by atoms with E-state index in [0.717, 1.165) is 0 Å². The summed E-state index contributed by atoms with van der Waals surface area (Å²) in [7, 11) is 0. The number of amides is 1. The molecule has 1 aliphatic rings. The first kappa shape index (κ1) is 11.9. The summed E-state index contributed by atoms with van der Waals surface area (Å²) in [4.78, 5) is 23.6. The van der Waals surface area contributed by atoms with Crippen molar-refractivity contribution in [3.8, 4) is 0 Å². The number of carboxylic acid groups (broad SMARTS) is 1. The minimum atomic E-state index is -1.18. The Kier molecular flexibility index (Phi) is 3.65. The summed E-state index contributed by atoms with van der Waals surface area (Å²) in [5, 5.41) is 18.2. The third kappa shape index (κ3) is 2.45. The van der Waals surface area contributed by atoms with Gasteiger partial charge < -0.3 is 20.8 Å². The largest absolute Gasteiger partial charge is 0.480 e. The minimum Gasteiger partial charge on any atom is -0.480 e. The van der Waals surface area contributed by atoms with E-state index >= 15 is 0 Å². The third-order valence-corrected chi connectivity index (χ3v) is 2.62. The summed E-state index contributed by atoms with van der Waals surface area (Å²) in [6.45, 7) is 2.04. The molecule has 0 bridgehead atoms. The van der Waals surface area contributed by atoms with E-state index in [1.165, 1.54) is 11.8 Å². The Morgan fingerprint density at radius 2 is 2.33 bits per heavy atom. The molecule has 4 N–H and O–H groups in total. The third-order valence-electron chi connectivity index (χ3n) is 2.62. The number of rotatable bonds is 4. The molecule has 1 fully saturated rings. The molecule has 6 nitrogen and oxygen atoms in total. The van der Waals surface area contributed by atoms with Gasteiger partial charge in [0.05, 0.1) is 6.10 Å². The maximum atomic E-state index is 11.5. The zero-order valence-corrected chi connectivity index (χ0v) is 8.59. The maximum absolute atomic E-state index is 11.5. The van der Waals surface area contributed by atoms with Crippen LogP contribution in [0.25, 0.3) is 0 Å². The minimum absolute atomic E-state index is 0.00176. The molecule has 1 amide bonds. The van der Waals surface area contributed by atoms with Gasteiger partial charge in [0.25, 0.3) is 0 Å². The van der Waals surface area contributed by atoms with Crippen LogP contribution in [0.5, 0.6) is 0 Å². The Morgan fingerprint density at radius 3 is 2.67 bits per heavy atom. The lowest BCUT2D eigenvalue weighted by atomic mass is 10.1. The fourth-order valence-electron chi connectivity index (χ4n) is 1.84. The summed E-state index contributed by atoms with van der Waals surface area (Å²) >= 11 is 0. The second-order valence-corrected chi connectivity index (χ2v) is 3.88. The Labute approximate surface area is 87.7 Å². The number of carbonyl (C=O) groups is 2. The normalized spacial score (nSPS) is 25.4. The van der Waals surface area contributed by atoms with Gasteiger partial charge >= 0.3 is 5.97 Å². The van der Waals surface area contributed by atoms with Gasteiger partial charge in [-0.05, 0) is 19.4 Å². The maximum Gasteiger partial charge on any atom is 0.329 e. The Bertz CT molecular complexity index is 267. The standard InChI is InChI=1S/C9H16N2O4/c1-5(12)8(9(14)15)11-4-6(3-10)2-7(11)13/h5-6,8,12H,2-4,10H2,1H3,(H,14,15). The number of aliphatic hydroxyl groups excluding tert-OH is 1. The molecule has 15 heavy (non-hydrogen) atoms. The van der Waals surface area contributed by atoms with E-state index in [1.807, 2.05) is 0 Å². The van der Waals surface area contributed by atoms with Crippen molar-refractivity contribution in [2.45, 2.75) is 25.5 Å². The molecule has 1 heterocycles. The van der Waals surface area contributed by atoms with Crippen molar-refractivity contribution in [3.63, 3.8) is 0 Å². The van der Waals surface area contributed by atoms with Crippen LogP contribution in [0.1, 0.15) is 13.3 Å². The zero-order valence-electron chi connectivity index (χ0n) is 8.59. The second-order valence-electron chi connectivity index (χ2n) is 3.88. The predicted molar refractivity (Wildman–Crippen MR) is 52.0 cm³/mol. The van der Waals surface area contributed by atoms with Crippen LogP contribution in [0.3, 0.4) is 0 Å². The van der Waals surface area contributed by atoms with Crippen LogP contribution in [0, 0.1) is 5.92 Å². The van der Waals surface area contributed by atoms with Gasteiger partial charge in [-0.15, -0.1) is 0 Å². The average Bonchev–Trinajstić information content (AvgIpc) is 2.46. The van der Waals surface area contributed by atoms with Crippen molar-refractivity contribution in [1.29, 1.82) is 0 Å². The second kappa shape index (κ2) is 4.59. The number of hydrogen-bond donors (Lipinski definition) is 3. The molecule has 1 rings (SSSR count). The molecule has 1 aliphatic heterocycles. The van der Waals surface area contributed by atoms with E-state index < -0.39 is 18.1 Å². The van der Waals surface area contributed by atoms with Crippen molar-refractivity contribution >= 4 is 11.9 Å². The Morgan fingerprint density at radius 1 is 1.73 bits per heavy atom. The number of aliphatic hydroxyl groups is 1. The lowest BCUT2D eigenvalue weighted by molar-refractivity contribution is -0.152. The first-order valence-corrected chi connectivity index (χ1v) is 4.87. The van der Waals surface area contributed by atoms with Gasteiger partial charge in [-0.25, -0.2) is 4.79 Å². The molecule has 3 atom stereocenters. The predicted octanol–water partition coefficient (Wildman–Crippen LogP) is -1.37. The summed E-state index contributed by atoms with van der Waals surface area (Å²) in [5.74, 6) is -1.44. The van der Waals surface area contributed by atoms with Gasteiger partial charge in [0.2, 0.25) is 5.91 Å². The molecule has 0 aromatic carbocycles. The number of nitrogens with zero attached hydrogens (tertiary/aromatic N) is 1. The number of carboxylic acids is 1. The number of aliphatic carboxylic acids is 1. The molecule has 0 spiro atoms. The van der Waals surface area contributed by atoms with E-state index in [0.29, 0.717) is 13.1 Å². The highest BCUT2D eigenvalue weighted by Gasteiger charge is 2.39. The van der Waals surface area contributed by atoms with Crippen molar-refractivity contribution in [3.05, 3.63) is 0 Å². The molecule has 0 radical (unpaired) electrons. The molecule has 0 aromatic rings. The van der Waals surface area contributed by atoms with Gasteiger partial charge in [0.15, 0.2) is 6.04 Å². The lowest BCUT2D eigenvalue weighted by Gasteiger charge is -2.26. The monoisotopic (exact) mass is 216 g/mol. The number of nitrogens with two attached hydrogens (primary N) is 1. The smallest absolute Gasteiger partial charge is 0.329 e. The first-order valence-electron chi connectivity index (χ1n) is 4.87. The van der Waals surface area contributed by atoms with Gasteiger partial charge in [0, 0.05) is 13.0 Å². The number of likely N-dealkylation sites (tertiary alicyclic amines) is 1. The van der Waals surface area contributed by atoms with E-state index in [2.05, 4.69) is 0 Å². The number of carbonyl (C=O) groups excluding carboxylic acids is 1. The molecule has 1 saturated heterocycles. The summed E-state index contributed by atoms with van der Waals surface area (Å²) < 4.78 is 0. The van der Waals surface area contributed by atoms with Gasteiger partial charge in [-0.1, -0.05) is 0 Å². The fourth-order valence-corrected chi connectivity index (χ4v) is 1.84. The van der Waals surface area contributed by atoms with E-state index in [9.17, 15) is 14.7 Å². The number of hydrogen-bond acceptors (Lipinski definition) is 4. The highest BCUT2D eigenvalue weighted by molar-refractivity contribution is 5.85. The summed E-state index contributed by atoms with van der Waals surface area (Å²) in [5.41, 5.74) is 5.42. The topological polar surface area (TPSA) is 104 Å². The Balaban J connectivity index is 2.77. The highest BCUT2D eigenvalue weighted by atomic mass is 16.4. The van der Waals surface area contributed by atoms with Crippen LogP contribution >= 0.6 is 0 Å². The lowest BCUT2D eigenvalue weighted by Crippen LogP contribution is -2.48. The van der Waals surface area contributed by atoms with Crippen LogP contribution in [-0.4, -0.2) is 52.2 Å². The van der Waals surface area contributed by atoms with Crippen LogP contribution in [0.4, 0.5) is 0 Å². The van der Waals surface area contributed by atoms with Crippen molar-refractivity contribution in [2.75, 3.05) is 13.1 Å². The van der Waals surface area contributed by atoms with E-state index in [1.54, 1.807) is 0 Å². The SMILES string of the molecule is CC(O)C(C(=O)O)N1CC(CN)CC1=O. The summed E-state index contributed by atoms with van der Waals surface area (Å²) in [6.07, 6.45) is -0.810. The van der Waals surface area contributed by atoms with Crippen LogP contribution in [0.2, 0.25) is 0 Å². The van der Waals surface area contributed by atoms with Crippen molar-refractivity contribution < 1.29 is 19.8 Å². The molecule has 0 aliphatic carbocycles. The van der Waals surface area contributed by atoms with Gasteiger partial charge in [-0.3, -0.25) is 4.79 Å². The van der Waals surface area contributed by atoms with Crippen LogP contribution in [0.15, 0.2) is 0 Å². The molecule has 6 heteroatoms. The quantitative estimate of drug-likeness (QED) is 0.537. The molecular weight excluding hydrogens is 200 g/mol. The molecular formula is C9H16N2O4. The average molecular weight is 216 g/mol. The molecule has 3 unspecified atom stereocenters. The van der Waals surface area contributed by atoms with Gasteiger partial charge in [0.1, 0.15) is 0 Å². The first-order chi connectivity index (χ1) is 6.97. The highest BCUT2D eigenvalue weighted by Crippen LogP contribution is 2.20. The molecule has 0 aromatic heterocycles. The van der Waals surface area contributed by atoms with E-state index in [-0.39, 0.29) is 18.2 Å². The van der Waals surface area contributed by atoms with Crippen LogP contribution in [-0.2, 0) is 9.59 Å². The van der Waals surface area contributed by atoms with Gasteiger partial charge in [-0.2, -0.15) is 0 Å². The molecule has 86 valence electrons. The Hall–Kier alpha value is -1.14. The van der Waals surface area contributed by atoms with Crippen LogP contribution < -0.4 is 5.73 Å². The van der Waals surface area contributed by atoms with E-state index in [4.69, 9.17) is 10.8 Å².